The van der Waals surface area contributed by atoms with Crippen molar-refractivity contribution in [2.45, 2.75) is 0 Å². The number of nitrogens with zero attached hydrogens (tertiary/aromatic N) is 1. The second-order valence-corrected chi connectivity index (χ2v) is 6.56. The molecule has 1 N–H and O–H groups in total. The first-order valence-corrected chi connectivity index (χ1v) is 8.45. The first kappa shape index (κ1) is 15.0. The van der Waals surface area contributed by atoms with Crippen LogP contribution in [0.5, 0.6) is 5.75 Å². The Hall–Kier alpha value is -1.89. The van der Waals surface area contributed by atoms with Crippen LogP contribution in [0.25, 0.3) is 9.88 Å². The maximum absolute atomic E-state index is 12.3. The minimum atomic E-state index is -0.292. The molecule has 2 aromatic heterocycles. The second kappa shape index (κ2) is 6.48. The first-order valence-electron chi connectivity index (χ1n) is 6.31. The number of hydrogen-bond acceptors (Lipinski definition) is 5. The number of nitrogens with one attached hydrogen (secondary N) is 1. The van der Waals surface area contributed by atoms with Crippen LogP contribution in [0.1, 0.15) is 10.5 Å². The van der Waals surface area contributed by atoms with E-state index in [1.807, 2.05) is 17.5 Å². The number of rotatable bonds is 4. The largest absolute Gasteiger partial charge is 0.495 e. The molecule has 0 fully saturated rings. The molecule has 3 aromatic rings. The Morgan fingerprint density at radius 1 is 1.32 bits per heavy atom. The van der Waals surface area contributed by atoms with Crippen molar-refractivity contribution in [2.24, 2.45) is 0 Å². The highest BCUT2D eigenvalue weighted by Gasteiger charge is 2.14. The van der Waals surface area contributed by atoms with E-state index in [1.54, 1.807) is 34.9 Å². The molecule has 2 heterocycles. The van der Waals surface area contributed by atoms with E-state index in [9.17, 15) is 4.79 Å². The van der Waals surface area contributed by atoms with Crippen LogP contribution >= 0.6 is 34.3 Å². The fourth-order valence-electron chi connectivity index (χ4n) is 1.86. The average Bonchev–Trinajstić information content (AvgIpc) is 3.18. The number of aromatic nitrogens is 1. The number of thiophene rings is 1. The zero-order chi connectivity index (χ0) is 15.5. The van der Waals surface area contributed by atoms with E-state index in [-0.39, 0.29) is 5.91 Å². The summed E-state index contributed by atoms with van der Waals surface area (Å²) in [5.74, 6) is 0.256. The number of thiazole rings is 1. The molecule has 0 aliphatic carbocycles. The van der Waals surface area contributed by atoms with Gasteiger partial charge in [0.15, 0.2) is 0 Å². The van der Waals surface area contributed by atoms with Gasteiger partial charge in [-0.15, -0.1) is 22.7 Å². The summed E-state index contributed by atoms with van der Waals surface area (Å²) in [6.07, 6.45) is 0. The zero-order valence-corrected chi connectivity index (χ0v) is 13.9. The molecule has 7 heteroatoms. The molecular weight excluding hydrogens is 340 g/mol. The summed E-state index contributed by atoms with van der Waals surface area (Å²) in [6, 6.07) is 8.98. The molecule has 1 amide bonds. The summed E-state index contributed by atoms with van der Waals surface area (Å²) in [5.41, 5.74) is 0.890. The number of benzene rings is 1. The van der Waals surface area contributed by atoms with Gasteiger partial charge in [0.25, 0.3) is 5.91 Å². The van der Waals surface area contributed by atoms with Crippen molar-refractivity contribution in [3.05, 3.63) is 51.8 Å². The van der Waals surface area contributed by atoms with Gasteiger partial charge in [0, 0.05) is 10.4 Å². The molecular formula is C15H11ClN2O2S2. The van der Waals surface area contributed by atoms with Crippen molar-refractivity contribution >= 4 is 45.9 Å². The maximum atomic E-state index is 12.3. The van der Waals surface area contributed by atoms with Crippen molar-refractivity contribution in [3.63, 3.8) is 0 Å². The smallest absolute Gasteiger partial charge is 0.275 e. The van der Waals surface area contributed by atoms with Crippen molar-refractivity contribution in [1.29, 1.82) is 0 Å². The highest BCUT2D eigenvalue weighted by atomic mass is 35.5. The van der Waals surface area contributed by atoms with E-state index in [2.05, 4.69) is 10.3 Å². The molecule has 0 bridgehead atoms. The topological polar surface area (TPSA) is 51.2 Å². The molecule has 1 aromatic carbocycles. The average molecular weight is 351 g/mol. The highest BCUT2D eigenvalue weighted by Crippen LogP contribution is 2.30. The van der Waals surface area contributed by atoms with Gasteiger partial charge in [-0.3, -0.25) is 4.79 Å². The molecule has 0 unspecified atom stereocenters. The molecule has 22 heavy (non-hydrogen) atoms. The Balaban J connectivity index is 1.82. The number of amides is 1. The summed E-state index contributed by atoms with van der Waals surface area (Å²) >= 11 is 8.99. The summed E-state index contributed by atoms with van der Waals surface area (Å²) < 4.78 is 5.21. The van der Waals surface area contributed by atoms with E-state index >= 15 is 0 Å². The Morgan fingerprint density at radius 3 is 2.91 bits per heavy atom. The lowest BCUT2D eigenvalue weighted by Gasteiger charge is -2.09. The molecule has 3 rings (SSSR count). The van der Waals surface area contributed by atoms with Crippen LogP contribution in [0.3, 0.4) is 0 Å². The summed E-state index contributed by atoms with van der Waals surface area (Å²) in [6.45, 7) is 0. The third-order valence-corrected chi connectivity index (χ3v) is 4.99. The number of halogens is 1. The standard InChI is InChI=1S/C15H11ClN2O2S2/c1-20-12-5-4-9(16)7-10(12)17-14(19)11-8-22-15(18-11)13-3-2-6-21-13/h2-8H,1H3,(H,17,19). The molecule has 0 atom stereocenters. The Kier molecular flexibility index (Phi) is 4.42. The van der Waals surface area contributed by atoms with E-state index in [0.29, 0.717) is 22.2 Å². The quantitative estimate of drug-likeness (QED) is 0.736. The molecule has 4 nitrogen and oxygen atoms in total. The van der Waals surface area contributed by atoms with Gasteiger partial charge in [-0.05, 0) is 29.6 Å². The fourth-order valence-corrected chi connectivity index (χ4v) is 3.64. The summed E-state index contributed by atoms with van der Waals surface area (Å²) in [5, 5.41) is 7.85. The van der Waals surface area contributed by atoms with E-state index in [0.717, 1.165) is 9.88 Å². The van der Waals surface area contributed by atoms with E-state index in [1.165, 1.54) is 18.4 Å². The molecule has 0 aliphatic heterocycles. The number of methoxy groups -OCH3 is 1. The van der Waals surface area contributed by atoms with Crippen LogP contribution in [0.2, 0.25) is 5.02 Å². The van der Waals surface area contributed by atoms with Crippen LogP contribution in [0.15, 0.2) is 41.1 Å². The van der Waals surface area contributed by atoms with Crippen LogP contribution in [0, 0.1) is 0 Å². The summed E-state index contributed by atoms with van der Waals surface area (Å²) in [7, 11) is 1.54. The number of carbonyl (C=O) groups is 1. The lowest BCUT2D eigenvalue weighted by atomic mass is 10.3. The Labute approximate surface area is 140 Å². The molecule has 0 spiro atoms. The summed E-state index contributed by atoms with van der Waals surface area (Å²) in [4.78, 5) is 17.7. The van der Waals surface area contributed by atoms with Gasteiger partial charge >= 0.3 is 0 Å². The number of ether oxygens (including phenoxy) is 1. The van der Waals surface area contributed by atoms with Gasteiger partial charge in [0.2, 0.25) is 0 Å². The van der Waals surface area contributed by atoms with Gasteiger partial charge in [0.05, 0.1) is 17.7 Å². The predicted octanol–water partition coefficient (Wildman–Crippen LogP) is 4.79. The van der Waals surface area contributed by atoms with Crippen molar-refractivity contribution in [1.82, 2.24) is 4.98 Å². The van der Waals surface area contributed by atoms with Gasteiger partial charge in [-0.25, -0.2) is 4.98 Å². The van der Waals surface area contributed by atoms with Crippen molar-refractivity contribution in [2.75, 3.05) is 12.4 Å². The normalized spacial score (nSPS) is 10.5. The Morgan fingerprint density at radius 2 is 2.18 bits per heavy atom. The molecule has 0 aliphatic rings. The van der Waals surface area contributed by atoms with Crippen molar-refractivity contribution in [3.8, 4) is 15.6 Å². The SMILES string of the molecule is COc1ccc(Cl)cc1NC(=O)c1csc(-c2cccs2)n1. The third-order valence-electron chi connectivity index (χ3n) is 2.88. The highest BCUT2D eigenvalue weighted by molar-refractivity contribution is 7.20. The molecule has 0 saturated heterocycles. The van der Waals surface area contributed by atoms with Gasteiger partial charge in [-0.1, -0.05) is 17.7 Å². The molecule has 0 radical (unpaired) electrons. The minimum absolute atomic E-state index is 0.292. The molecule has 112 valence electrons. The van der Waals surface area contributed by atoms with Gasteiger partial charge in [0.1, 0.15) is 16.5 Å². The Bertz CT molecular complexity index is 800. The number of hydrogen-bond donors (Lipinski definition) is 1. The van der Waals surface area contributed by atoms with Gasteiger partial charge in [-0.2, -0.15) is 0 Å². The zero-order valence-electron chi connectivity index (χ0n) is 11.5. The lowest BCUT2D eigenvalue weighted by Crippen LogP contribution is -2.13. The monoisotopic (exact) mass is 350 g/mol. The van der Waals surface area contributed by atoms with Crippen LogP contribution in [-0.4, -0.2) is 18.0 Å². The van der Waals surface area contributed by atoms with E-state index in [4.69, 9.17) is 16.3 Å². The number of carbonyl (C=O) groups excluding carboxylic acids is 1. The van der Waals surface area contributed by atoms with Crippen LogP contribution < -0.4 is 10.1 Å². The fraction of sp³-hybridized carbons (Fsp3) is 0.0667. The first-order chi connectivity index (χ1) is 10.7. The minimum Gasteiger partial charge on any atom is -0.495 e. The third kappa shape index (κ3) is 3.14. The predicted molar refractivity (Wildman–Crippen MR) is 91.4 cm³/mol. The lowest BCUT2D eigenvalue weighted by molar-refractivity contribution is 0.102. The maximum Gasteiger partial charge on any atom is 0.275 e. The van der Waals surface area contributed by atoms with Crippen LogP contribution in [0.4, 0.5) is 5.69 Å². The number of anilines is 1. The van der Waals surface area contributed by atoms with Crippen molar-refractivity contribution < 1.29 is 9.53 Å². The molecule has 0 saturated carbocycles. The second-order valence-electron chi connectivity index (χ2n) is 4.31. The van der Waals surface area contributed by atoms with Gasteiger partial charge < -0.3 is 10.1 Å². The van der Waals surface area contributed by atoms with Crippen LogP contribution in [-0.2, 0) is 0 Å². The van der Waals surface area contributed by atoms with E-state index < -0.39 is 0 Å².